The van der Waals surface area contributed by atoms with E-state index in [4.69, 9.17) is 0 Å². The normalized spacial score (nSPS) is 16.3. The molecule has 0 atom stereocenters. The quantitative estimate of drug-likeness (QED) is 0.444. The van der Waals surface area contributed by atoms with Gasteiger partial charge in [0.05, 0.1) is 0 Å². The topological polar surface area (TPSA) is 102 Å². The van der Waals surface area contributed by atoms with Gasteiger partial charge >= 0.3 is 134 Å². The number of halogens is 9. The molecular formula is C6H7F9O6S3Ti. The SMILES string of the molecule is C[CH](C)[Ti]([S](=O)(=O)C(F)(F)F)([S](=O)(=O)C(F)(F)F)[S](=O)(=O)C(F)(F)F. The van der Waals surface area contributed by atoms with Gasteiger partial charge in [0.1, 0.15) is 0 Å². The molecule has 25 heavy (non-hydrogen) atoms. The summed E-state index contributed by atoms with van der Waals surface area (Å²) in [5.41, 5.74) is -21.0. The van der Waals surface area contributed by atoms with Crippen LogP contribution >= 0.6 is 0 Å². The molecule has 0 rings (SSSR count). The fraction of sp³-hybridized carbons (Fsp3) is 1.00. The van der Waals surface area contributed by atoms with Gasteiger partial charge in [0.2, 0.25) is 0 Å². The van der Waals surface area contributed by atoms with Gasteiger partial charge < -0.3 is 0 Å². The molecule has 0 radical (unpaired) electrons. The minimum absolute atomic E-state index is 0.0735. The van der Waals surface area contributed by atoms with Crippen LogP contribution in [0.1, 0.15) is 13.8 Å². The van der Waals surface area contributed by atoms with Crippen molar-refractivity contribution in [2.75, 3.05) is 0 Å². The molecule has 0 unspecified atom stereocenters. The van der Waals surface area contributed by atoms with E-state index in [0.29, 0.717) is 0 Å². The summed E-state index contributed by atoms with van der Waals surface area (Å²) in [6.45, 7) is -0.147. The van der Waals surface area contributed by atoms with Crippen LogP contribution in [-0.2, 0) is 35.0 Å². The summed E-state index contributed by atoms with van der Waals surface area (Å²) < 4.78 is 180. The first-order valence-electron chi connectivity index (χ1n) is 5.37. The van der Waals surface area contributed by atoms with E-state index in [0.717, 1.165) is 0 Å². The van der Waals surface area contributed by atoms with Crippen molar-refractivity contribution < 1.29 is 77.4 Å². The Balaban J connectivity index is 7.96. The van der Waals surface area contributed by atoms with Crippen LogP contribution in [0.25, 0.3) is 0 Å². The molecule has 0 spiro atoms. The number of hydrogen-bond donors (Lipinski definition) is 0. The van der Waals surface area contributed by atoms with Crippen molar-refractivity contribution in [2.45, 2.75) is 34.6 Å². The van der Waals surface area contributed by atoms with E-state index in [1.165, 1.54) is 0 Å². The van der Waals surface area contributed by atoms with Crippen LogP contribution in [0.2, 0.25) is 4.22 Å². The fourth-order valence-corrected chi connectivity index (χ4v) is 40.6. The molecule has 0 N–H and O–H groups in total. The molecule has 0 aliphatic carbocycles. The van der Waals surface area contributed by atoms with E-state index >= 15 is 0 Å². The maximum absolute atomic E-state index is 12.7. The summed E-state index contributed by atoms with van der Waals surface area (Å²) in [6.07, 6.45) is 0. The molecule has 0 fully saturated rings. The summed E-state index contributed by atoms with van der Waals surface area (Å²) in [5.74, 6) is 0. The van der Waals surface area contributed by atoms with Gasteiger partial charge in [0.25, 0.3) is 0 Å². The molecule has 19 heteroatoms. The van der Waals surface area contributed by atoms with Crippen molar-refractivity contribution in [3.8, 4) is 0 Å². The second-order valence-corrected chi connectivity index (χ2v) is 31.4. The Labute approximate surface area is 134 Å². The first-order chi connectivity index (χ1) is 10.4. The molecule has 0 heterocycles. The van der Waals surface area contributed by atoms with Crippen molar-refractivity contribution in [3.63, 3.8) is 0 Å². The van der Waals surface area contributed by atoms with Gasteiger partial charge in [-0.25, -0.2) is 0 Å². The van der Waals surface area contributed by atoms with E-state index in [1.807, 2.05) is 0 Å². The third-order valence-electron chi connectivity index (χ3n) is 2.74. The van der Waals surface area contributed by atoms with Crippen LogP contribution in [-0.4, -0.2) is 41.8 Å². The Morgan fingerprint density at radius 1 is 0.560 bits per heavy atom. The van der Waals surface area contributed by atoms with Crippen molar-refractivity contribution in [1.82, 2.24) is 0 Å². The minimum atomic E-state index is -9.16. The molecule has 0 saturated carbocycles. The zero-order chi connectivity index (χ0) is 21.1. The van der Waals surface area contributed by atoms with Crippen LogP contribution < -0.4 is 0 Å². The monoisotopic (exact) mass is 490 g/mol. The third kappa shape index (κ3) is 3.21. The predicted molar refractivity (Wildman–Crippen MR) is 60.0 cm³/mol. The molecular weight excluding hydrogens is 483 g/mol. The number of rotatable bonds is 4. The Hall–Kier alpha value is -0.0657. The molecule has 152 valence electrons. The van der Waals surface area contributed by atoms with Crippen LogP contribution in [0.5, 0.6) is 0 Å². The van der Waals surface area contributed by atoms with Gasteiger partial charge in [0.15, 0.2) is 0 Å². The molecule has 0 aliphatic rings. The van der Waals surface area contributed by atoms with Gasteiger partial charge in [-0.05, 0) is 0 Å². The summed E-state index contributed by atoms with van der Waals surface area (Å²) in [4.78, 5) is 0. The van der Waals surface area contributed by atoms with E-state index in [1.54, 1.807) is 0 Å². The van der Waals surface area contributed by atoms with Gasteiger partial charge in [0, 0.05) is 0 Å². The number of hydrogen-bond acceptors (Lipinski definition) is 6. The van der Waals surface area contributed by atoms with Crippen LogP contribution in [0, 0.1) is 0 Å². The van der Waals surface area contributed by atoms with Crippen molar-refractivity contribution in [3.05, 3.63) is 0 Å². The van der Waals surface area contributed by atoms with E-state index in [2.05, 4.69) is 0 Å². The molecule has 0 amide bonds. The second-order valence-electron chi connectivity index (χ2n) is 4.61. The van der Waals surface area contributed by atoms with Crippen molar-refractivity contribution in [2.24, 2.45) is 0 Å². The van der Waals surface area contributed by atoms with E-state index in [-0.39, 0.29) is 13.8 Å². The zero-order valence-corrected chi connectivity index (χ0v) is 15.7. The van der Waals surface area contributed by atoms with Crippen LogP contribution in [0.15, 0.2) is 0 Å². The standard InChI is InChI=1S/C3H7.3CF3O2S.Ti/c1-3-2;3*2-1(3,4)7(5)6;/h3H,1-2H3;;;;. The predicted octanol–water partition coefficient (Wildman–Crippen LogP) is 2.52. The fourth-order valence-electron chi connectivity index (χ4n) is 1.85. The Morgan fingerprint density at radius 3 is 0.800 bits per heavy atom. The average Bonchev–Trinajstić information content (AvgIpc) is 2.22. The average molecular weight is 490 g/mol. The van der Waals surface area contributed by atoms with E-state index in [9.17, 15) is 64.8 Å². The molecule has 0 aromatic heterocycles. The summed E-state index contributed by atoms with van der Waals surface area (Å²) in [7, 11) is -23.7. The maximum atomic E-state index is 12.7. The summed E-state index contributed by atoms with van der Waals surface area (Å²) in [6, 6.07) is 0. The molecule has 0 aromatic carbocycles. The Morgan fingerprint density at radius 2 is 0.720 bits per heavy atom. The molecule has 0 aromatic rings. The summed E-state index contributed by atoms with van der Waals surface area (Å²) >= 11 is -9.16. The number of alkyl halides is 9. The van der Waals surface area contributed by atoms with Gasteiger partial charge in [-0.1, -0.05) is 0 Å². The van der Waals surface area contributed by atoms with Crippen molar-refractivity contribution in [1.29, 1.82) is 0 Å². The first kappa shape index (κ1) is 24.9. The third-order valence-corrected chi connectivity index (χ3v) is 44.9. The Kier molecular flexibility index (Phi) is 6.22. The van der Waals surface area contributed by atoms with E-state index < -0.39 is 55.7 Å². The summed E-state index contributed by atoms with van der Waals surface area (Å²) in [5, 5.41) is 0. The second kappa shape index (κ2) is 6.23. The van der Waals surface area contributed by atoms with Crippen molar-refractivity contribution >= 4 is 22.3 Å². The van der Waals surface area contributed by atoms with Gasteiger partial charge in [-0.3, -0.25) is 0 Å². The zero-order valence-electron chi connectivity index (χ0n) is 11.7. The molecule has 0 saturated heterocycles. The molecule has 0 bridgehead atoms. The van der Waals surface area contributed by atoms with Gasteiger partial charge in [-0.2, -0.15) is 0 Å². The van der Waals surface area contributed by atoms with Crippen LogP contribution in [0.4, 0.5) is 39.5 Å². The Bertz CT molecular complexity index is 722. The molecule has 6 nitrogen and oxygen atoms in total. The van der Waals surface area contributed by atoms with Gasteiger partial charge in [-0.15, -0.1) is 0 Å². The first-order valence-corrected chi connectivity index (χ1v) is 16.5. The van der Waals surface area contributed by atoms with Crippen LogP contribution in [0.3, 0.4) is 0 Å². The molecule has 0 aliphatic heterocycles.